The molecule has 0 aliphatic carbocycles. The lowest BCUT2D eigenvalue weighted by atomic mass is 10.1. The van der Waals surface area contributed by atoms with Crippen LogP contribution in [0.1, 0.15) is 17.9 Å². The molecule has 0 atom stereocenters. The SMILES string of the molecule is O=C(OCc1nccn1C(F)F)C1=Cc2cc(Cl)ccc2OC1. The molecule has 120 valence electrons. The molecule has 0 N–H and O–H groups in total. The second-order valence-corrected chi connectivity index (χ2v) is 5.18. The average Bonchev–Trinajstić information content (AvgIpc) is 3.00. The maximum Gasteiger partial charge on any atom is 0.337 e. The Morgan fingerprint density at radius 2 is 2.30 bits per heavy atom. The van der Waals surface area contributed by atoms with Gasteiger partial charge in [0.1, 0.15) is 19.0 Å². The number of fused-ring (bicyclic) bond motifs is 1. The zero-order valence-electron chi connectivity index (χ0n) is 11.7. The summed E-state index contributed by atoms with van der Waals surface area (Å²) in [5, 5.41) is 0.511. The van der Waals surface area contributed by atoms with E-state index in [-0.39, 0.29) is 24.6 Å². The van der Waals surface area contributed by atoms with Gasteiger partial charge in [-0.3, -0.25) is 4.57 Å². The molecule has 1 aliphatic rings. The van der Waals surface area contributed by atoms with Gasteiger partial charge in [0.15, 0.2) is 5.82 Å². The summed E-state index contributed by atoms with van der Waals surface area (Å²) in [4.78, 5) is 15.8. The first-order chi connectivity index (χ1) is 11.0. The van der Waals surface area contributed by atoms with Gasteiger partial charge in [-0.1, -0.05) is 11.6 Å². The molecule has 1 aromatic heterocycles. The quantitative estimate of drug-likeness (QED) is 0.800. The Labute approximate surface area is 135 Å². The summed E-state index contributed by atoms with van der Waals surface area (Å²) in [5.41, 5.74) is 0.930. The average molecular weight is 341 g/mol. The molecule has 5 nitrogen and oxygen atoms in total. The molecule has 0 unspecified atom stereocenters. The number of carbonyl (C=O) groups excluding carboxylic acids is 1. The van der Waals surface area contributed by atoms with Crippen LogP contribution < -0.4 is 4.74 Å². The first kappa shape index (κ1) is 15.5. The minimum atomic E-state index is -2.74. The lowest BCUT2D eigenvalue weighted by Crippen LogP contribution is -2.18. The lowest BCUT2D eigenvalue weighted by Gasteiger charge is -2.17. The number of aromatic nitrogens is 2. The third kappa shape index (κ3) is 3.34. The van der Waals surface area contributed by atoms with Gasteiger partial charge in [-0.2, -0.15) is 8.78 Å². The van der Waals surface area contributed by atoms with Crippen molar-refractivity contribution in [2.75, 3.05) is 6.61 Å². The maximum atomic E-state index is 12.7. The normalized spacial score (nSPS) is 13.3. The van der Waals surface area contributed by atoms with Gasteiger partial charge < -0.3 is 9.47 Å². The van der Waals surface area contributed by atoms with Gasteiger partial charge in [-0.15, -0.1) is 0 Å². The highest BCUT2D eigenvalue weighted by molar-refractivity contribution is 6.30. The summed E-state index contributed by atoms with van der Waals surface area (Å²) >= 11 is 5.90. The first-order valence-corrected chi connectivity index (χ1v) is 7.02. The van der Waals surface area contributed by atoms with Crippen LogP contribution in [-0.4, -0.2) is 22.1 Å². The van der Waals surface area contributed by atoms with E-state index in [1.165, 1.54) is 6.20 Å². The molecule has 0 amide bonds. The molecule has 3 rings (SSSR count). The summed E-state index contributed by atoms with van der Waals surface area (Å²) in [5.74, 6) is -0.0762. The minimum Gasteiger partial charge on any atom is -0.488 e. The van der Waals surface area contributed by atoms with Gasteiger partial charge in [-0.05, 0) is 24.3 Å². The zero-order valence-corrected chi connectivity index (χ0v) is 12.5. The largest absolute Gasteiger partial charge is 0.488 e. The monoisotopic (exact) mass is 340 g/mol. The molecular formula is C15H11ClF2N2O3. The molecule has 1 aliphatic heterocycles. The van der Waals surface area contributed by atoms with Gasteiger partial charge >= 0.3 is 12.5 Å². The molecule has 0 saturated carbocycles. The predicted octanol–water partition coefficient (Wildman–Crippen LogP) is 3.45. The van der Waals surface area contributed by atoms with E-state index < -0.39 is 12.5 Å². The van der Waals surface area contributed by atoms with Crippen LogP contribution in [0.15, 0.2) is 36.2 Å². The van der Waals surface area contributed by atoms with Crippen LogP contribution in [0.4, 0.5) is 8.78 Å². The highest BCUT2D eigenvalue weighted by atomic mass is 35.5. The fourth-order valence-corrected chi connectivity index (χ4v) is 2.30. The number of esters is 1. The van der Waals surface area contributed by atoms with E-state index in [4.69, 9.17) is 21.1 Å². The number of hydrogen-bond donors (Lipinski definition) is 0. The van der Waals surface area contributed by atoms with Crippen molar-refractivity contribution in [2.45, 2.75) is 13.2 Å². The summed E-state index contributed by atoms with van der Waals surface area (Å²) in [6.45, 7) is -3.05. The van der Waals surface area contributed by atoms with E-state index in [0.717, 1.165) is 6.20 Å². The number of rotatable bonds is 4. The molecule has 0 bridgehead atoms. The third-order valence-electron chi connectivity index (χ3n) is 3.24. The number of alkyl halides is 2. The molecule has 0 radical (unpaired) electrons. The van der Waals surface area contributed by atoms with Crippen molar-refractivity contribution in [2.24, 2.45) is 0 Å². The van der Waals surface area contributed by atoms with E-state index in [1.54, 1.807) is 24.3 Å². The number of ether oxygens (including phenoxy) is 2. The molecule has 0 fully saturated rings. The van der Waals surface area contributed by atoms with Crippen LogP contribution in [-0.2, 0) is 16.1 Å². The van der Waals surface area contributed by atoms with Gasteiger partial charge in [0, 0.05) is 23.0 Å². The Kier molecular flexibility index (Phi) is 4.29. The topological polar surface area (TPSA) is 53.3 Å². The maximum absolute atomic E-state index is 12.7. The number of halogens is 3. The lowest BCUT2D eigenvalue weighted by molar-refractivity contribution is -0.141. The molecule has 23 heavy (non-hydrogen) atoms. The number of benzene rings is 1. The van der Waals surface area contributed by atoms with Crippen molar-refractivity contribution >= 4 is 23.6 Å². The second kappa shape index (κ2) is 6.37. The van der Waals surface area contributed by atoms with E-state index in [2.05, 4.69) is 4.98 Å². The Hall–Kier alpha value is -2.41. The van der Waals surface area contributed by atoms with Crippen LogP contribution in [0.2, 0.25) is 5.02 Å². The fraction of sp³-hybridized carbons (Fsp3) is 0.200. The van der Waals surface area contributed by atoms with Crippen molar-refractivity contribution in [3.63, 3.8) is 0 Å². The Balaban J connectivity index is 1.70. The summed E-state index contributed by atoms with van der Waals surface area (Å²) in [6.07, 6.45) is 3.94. The minimum absolute atomic E-state index is 0.0332. The molecular weight excluding hydrogens is 330 g/mol. The summed E-state index contributed by atoms with van der Waals surface area (Å²) in [6, 6.07) is 5.05. The molecule has 2 aromatic rings. The molecule has 0 saturated heterocycles. The van der Waals surface area contributed by atoms with E-state index in [9.17, 15) is 13.6 Å². The van der Waals surface area contributed by atoms with Crippen molar-refractivity contribution < 1.29 is 23.0 Å². The standard InChI is InChI=1S/C15H11ClF2N2O3/c16-11-1-2-12-9(6-11)5-10(7-22-12)14(21)23-8-13-19-3-4-20(13)15(17)18/h1-6,15H,7-8H2. The van der Waals surface area contributed by atoms with Crippen molar-refractivity contribution in [3.8, 4) is 5.75 Å². The van der Waals surface area contributed by atoms with Crippen LogP contribution in [0.5, 0.6) is 5.75 Å². The van der Waals surface area contributed by atoms with Crippen LogP contribution in [0.25, 0.3) is 6.08 Å². The predicted molar refractivity (Wildman–Crippen MR) is 78.2 cm³/mol. The first-order valence-electron chi connectivity index (χ1n) is 6.64. The smallest absolute Gasteiger partial charge is 0.337 e. The van der Waals surface area contributed by atoms with Crippen LogP contribution in [0, 0.1) is 0 Å². The number of nitrogens with zero attached hydrogens (tertiary/aromatic N) is 2. The Morgan fingerprint density at radius 1 is 1.48 bits per heavy atom. The Bertz CT molecular complexity index is 774. The van der Waals surface area contributed by atoms with Gasteiger partial charge in [0.2, 0.25) is 0 Å². The van der Waals surface area contributed by atoms with Crippen LogP contribution >= 0.6 is 11.6 Å². The van der Waals surface area contributed by atoms with Crippen molar-refractivity contribution in [1.82, 2.24) is 9.55 Å². The highest BCUT2D eigenvalue weighted by Gasteiger charge is 2.20. The van der Waals surface area contributed by atoms with Crippen molar-refractivity contribution in [3.05, 3.63) is 52.6 Å². The summed E-state index contributed by atoms with van der Waals surface area (Å²) in [7, 11) is 0. The number of imidazole rings is 1. The Morgan fingerprint density at radius 3 is 3.09 bits per heavy atom. The number of hydrogen-bond acceptors (Lipinski definition) is 4. The van der Waals surface area contributed by atoms with E-state index >= 15 is 0 Å². The second-order valence-electron chi connectivity index (χ2n) is 4.74. The van der Waals surface area contributed by atoms with Gasteiger partial charge in [0.05, 0.1) is 5.57 Å². The fourth-order valence-electron chi connectivity index (χ4n) is 2.12. The molecule has 0 spiro atoms. The van der Waals surface area contributed by atoms with Crippen molar-refractivity contribution in [1.29, 1.82) is 0 Å². The van der Waals surface area contributed by atoms with Crippen LogP contribution in [0.3, 0.4) is 0 Å². The molecule has 8 heteroatoms. The number of carbonyl (C=O) groups is 1. The molecule has 2 heterocycles. The third-order valence-corrected chi connectivity index (χ3v) is 3.47. The van der Waals surface area contributed by atoms with E-state index in [0.29, 0.717) is 20.9 Å². The highest BCUT2D eigenvalue weighted by Crippen LogP contribution is 2.29. The van der Waals surface area contributed by atoms with E-state index in [1.807, 2.05) is 0 Å². The van der Waals surface area contributed by atoms with Gasteiger partial charge in [0.25, 0.3) is 0 Å². The van der Waals surface area contributed by atoms with Gasteiger partial charge in [-0.25, -0.2) is 9.78 Å². The summed E-state index contributed by atoms with van der Waals surface area (Å²) < 4.78 is 36.5. The zero-order chi connectivity index (χ0) is 16.4. The molecule has 1 aromatic carbocycles.